The topological polar surface area (TPSA) is 90.9 Å². The molecule has 0 spiro atoms. The Kier molecular flexibility index (Phi) is 13.7. The lowest BCUT2D eigenvalue weighted by molar-refractivity contribution is 0.850. The largest absolute Gasteiger partial charge is 0.717 e. The van der Waals surface area contributed by atoms with E-state index in [1.54, 1.807) is 0 Å². The van der Waals surface area contributed by atoms with Gasteiger partial charge in [-0.2, -0.15) is 20.6 Å². The molecule has 6 bridgehead atoms. The molecule has 10 heteroatoms. The number of aromatic nitrogens is 2. The minimum absolute atomic E-state index is 0.501. The zero-order chi connectivity index (χ0) is 48.0. The van der Waals surface area contributed by atoms with Crippen LogP contribution in [0.15, 0.2) is 167 Å². The number of aliphatic imine (C=N–C) groups is 2. The van der Waals surface area contributed by atoms with Gasteiger partial charge in [-0.3, -0.25) is 0 Å². The van der Waals surface area contributed by atoms with E-state index in [1.807, 2.05) is 0 Å². The number of nitrogens with zero attached hydrogens (tertiary/aromatic N) is 8. The van der Waals surface area contributed by atoms with Gasteiger partial charge in [-0.1, -0.05) is 97.1 Å². The molecule has 2 aromatic heterocycles. The van der Waals surface area contributed by atoms with Gasteiger partial charge in [-0.15, -0.1) is 0 Å². The summed E-state index contributed by atoms with van der Waals surface area (Å²) in [5.41, 5.74) is 18.0. The molecule has 0 aliphatic carbocycles. The normalized spacial score (nSPS) is 14.3. The Bertz CT molecular complexity index is 3290. The van der Waals surface area contributed by atoms with Crippen LogP contribution in [0.5, 0.6) is 0 Å². The average Bonchev–Trinajstić information content (AvgIpc) is 4.23. The van der Waals surface area contributed by atoms with E-state index in [9.17, 15) is 10.5 Å². The average molecular weight is 944 g/mol. The first-order valence-corrected chi connectivity index (χ1v) is 26.9. The number of benzene rings is 4. The molecule has 0 atom stereocenters. The van der Waals surface area contributed by atoms with E-state index in [0.717, 1.165) is 141 Å². The summed E-state index contributed by atoms with van der Waals surface area (Å²) in [6.45, 7) is 15.6. The molecule has 6 heterocycles. The van der Waals surface area contributed by atoms with Crippen molar-refractivity contribution in [3.8, 4) is 12.1 Å². The first-order valence-electron chi connectivity index (χ1n) is 24.1. The first-order chi connectivity index (χ1) is 34.5. The van der Waals surface area contributed by atoms with E-state index >= 15 is 0 Å². The lowest BCUT2D eigenvalue weighted by Crippen LogP contribution is -2.46. The van der Waals surface area contributed by atoms with Gasteiger partial charge in [0, 0.05) is 70.1 Å². The van der Waals surface area contributed by atoms with Crippen LogP contribution >= 0.6 is 10.0 Å². The molecule has 0 saturated heterocycles. The van der Waals surface area contributed by atoms with Gasteiger partial charge in [0.1, 0.15) is 0 Å². The SMILES string of the molecule is [C-]#[N+]CCCc1ccc(C2=C3C=CC(=N3)C(c3ccc(CCCC#N)cc3)=c3ccc4[n]3[Al]([Cl])[n]3c2ccc3C(c2ccc(CCC[N+]#[C-])cc2)=C2C=CC(=N2)C=4c2ccc(CCCC#N)cc2)cc1. The van der Waals surface area contributed by atoms with E-state index < -0.39 is 13.7 Å². The fraction of sp³-hybridized carbons (Fsp3) is 0.200. The molecule has 0 unspecified atom stereocenters. The van der Waals surface area contributed by atoms with Gasteiger partial charge in [0.2, 0.25) is 13.1 Å². The number of unbranched alkanes of at least 4 members (excludes halogenated alkanes) is 2. The van der Waals surface area contributed by atoms with Crippen LogP contribution in [0.25, 0.3) is 32.0 Å². The van der Waals surface area contributed by atoms with Crippen molar-refractivity contribution in [2.75, 3.05) is 13.1 Å². The van der Waals surface area contributed by atoms with E-state index in [2.05, 4.69) is 175 Å². The molecular formula is C60H48AlClN8. The van der Waals surface area contributed by atoms with Crippen molar-refractivity contribution in [1.82, 2.24) is 7.10 Å². The second kappa shape index (κ2) is 20.9. The highest BCUT2D eigenvalue weighted by atomic mass is 35.6. The second-order valence-corrected chi connectivity index (χ2v) is 20.8. The number of hydrogen-bond acceptors (Lipinski definition) is 4. The third-order valence-electron chi connectivity index (χ3n) is 13.5. The minimum atomic E-state index is -2.91. The molecule has 4 aliphatic rings. The van der Waals surface area contributed by atoms with Crippen molar-refractivity contribution in [2.45, 2.75) is 64.2 Å². The Morgan fingerprint density at radius 2 is 0.814 bits per heavy atom. The van der Waals surface area contributed by atoms with E-state index in [4.69, 9.17) is 33.2 Å². The summed E-state index contributed by atoms with van der Waals surface area (Å²) in [6.07, 6.45) is 16.1. The van der Waals surface area contributed by atoms with Crippen molar-refractivity contribution in [3.63, 3.8) is 0 Å². The van der Waals surface area contributed by atoms with E-state index in [0.29, 0.717) is 25.9 Å². The standard InChI is InChI=1S/C60H48N8.Al.ClH/c1-63-39-7-11-43-17-25-47(26-18-43)59-53-33-31-51(66-53)57(45-21-13-41(14-22-45)9-3-5-37-61)49-29-30-50(65-49)58(46-23-15-42(16-24-46)10-4-6-38-62)52-32-34-54(67-52)60(56-36-35-55(59)68-56)48-27-19-44(20-28-48)12-8-40-64-2;;/h13-36H,3-12,39-40H2;;1H/q-2;+3;/p-1. The zero-order valence-corrected chi connectivity index (χ0v) is 40.8. The number of nitriles is 2. The van der Waals surface area contributed by atoms with Crippen LogP contribution in [0.2, 0.25) is 0 Å². The predicted molar refractivity (Wildman–Crippen MR) is 283 cm³/mol. The quantitative estimate of drug-likeness (QED) is 0.0549. The second-order valence-electron chi connectivity index (χ2n) is 18.0. The van der Waals surface area contributed by atoms with Crippen LogP contribution in [0, 0.1) is 35.8 Å². The molecular weight excluding hydrogens is 895 g/mol. The number of aryl methyl sites for hydroxylation is 4. The van der Waals surface area contributed by atoms with Crippen LogP contribution in [-0.4, -0.2) is 45.3 Å². The van der Waals surface area contributed by atoms with Crippen LogP contribution in [0.1, 0.15) is 94.4 Å². The van der Waals surface area contributed by atoms with E-state index in [-0.39, 0.29) is 0 Å². The third kappa shape index (κ3) is 9.13. The molecule has 338 valence electrons. The number of hydrogen-bond donors (Lipinski definition) is 0. The number of rotatable bonds is 16. The molecule has 8 nitrogen and oxygen atoms in total. The summed E-state index contributed by atoms with van der Waals surface area (Å²) in [6, 6.07) is 48.3. The highest BCUT2D eigenvalue weighted by molar-refractivity contribution is 7.05. The molecule has 6 aromatic rings. The minimum Gasteiger partial charge on any atom is -0.401 e. The molecule has 10 rings (SSSR count). The van der Waals surface area contributed by atoms with Crippen molar-refractivity contribution < 1.29 is 0 Å². The van der Waals surface area contributed by atoms with Gasteiger partial charge >= 0.3 is 13.7 Å². The van der Waals surface area contributed by atoms with Crippen LogP contribution in [0.4, 0.5) is 0 Å². The Balaban J connectivity index is 1.28. The number of allylic oxidation sites excluding steroid dienone is 4. The molecule has 70 heavy (non-hydrogen) atoms. The summed E-state index contributed by atoms with van der Waals surface area (Å²) in [5, 5.41) is 20.4. The summed E-state index contributed by atoms with van der Waals surface area (Å²) >= 11 is -2.91. The van der Waals surface area contributed by atoms with Crippen LogP contribution in [-0.2, 0) is 25.7 Å². The third-order valence-corrected chi connectivity index (χ3v) is 16.7. The lowest BCUT2D eigenvalue weighted by atomic mass is 9.98. The summed E-state index contributed by atoms with van der Waals surface area (Å²) in [4.78, 5) is 18.3. The first kappa shape index (κ1) is 46.0. The highest BCUT2D eigenvalue weighted by Gasteiger charge is 2.37. The highest BCUT2D eigenvalue weighted by Crippen LogP contribution is 2.40. The van der Waals surface area contributed by atoms with Gasteiger partial charge in [0.05, 0.1) is 35.0 Å². The monoisotopic (exact) mass is 942 g/mol. The van der Waals surface area contributed by atoms with Crippen LogP contribution < -0.4 is 10.7 Å². The maximum absolute atomic E-state index is 9.26. The van der Waals surface area contributed by atoms with Gasteiger partial charge in [-0.05, 0) is 132 Å². The van der Waals surface area contributed by atoms with Crippen molar-refractivity contribution in [2.24, 2.45) is 9.98 Å². The molecule has 0 N–H and O–H groups in total. The summed E-state index contributed by atoms with van der Waals surface area (Å²) < 4.78 is 4.80. The molecule has 0 saturated carbocycles. The molecule has 4 aliphatic heterocycles. The van der Waals surface area contributed by atoms with Gasteiger partial charge < -0.3 is 16.8 Å². The van der Waals surface area contributed by atoms with Crippen LogP contribution in [0.3, 0.4) is 0 Å². The zero-order valence-electron chi connectivity index (χ0n) is 38.9. The Labute approximate surface area is 418 Å². The summed E-state index contributed by atoms with van der Waals surface area (Å²) in [7, 11) is 8.51. The Morgan fingerprint density at radius 1 is 0.457 bits per heavy atom. The molecule has 0 amide bonds. The molecule has 4 aromatic carbocycles. The maximum Gasteiger partial charge on any atom is 0.717 e. The summed E-state index contributed by atoms with van der Waals surface area (Å²) in [5.74, 6) is 0. The van der Waals surface area contributed by atoms with Crippen molar-refractivity contribution in [1.29, 1.82) is 10.5 Å². The lowest BCUT2D eigenvalue weighted by Gasteiger charge is -2.24. The fourth-order valence-corrected chi connectivity index (χ4v) is 13.4. The predicted octanol–water partition coefficient (Wildman–Crippen LogP) is 11.3. The van der Waals surface area contributed by atoms with E-state index in [1.165, 1.54) is 22.3 Å². The van der Waals surface area contributed by atoms with Gasteiger partial charge in [0.25, 0.3) is 0 Å². The maximum atomic E-state index is 9.26. The van der Waals surface area contributed by atoms with Crippen molar-refractivity contribution >= 4 is 57.4 Å². The van der Waals surface area contributed by atoms with Gasteiger partial charge in [0.15, 0.2) is 0 Å². The smallest absolute Gasteiger partial charge is 0.401 e. The van der Waals surface area contributed by atoms with Crippen molar-refractivity contribution in [3.05, 3.63) is 246 Å². The molecule has 0 fully saturated rings. The molecule has 0 radical (unpaired) electrons. The Morgan fingerprint density at radius 3 is 1.17 bits per heavy atom. The number of halogens is 1. The fourth-order valence-electron chi connectivity index (χ4n) is 10.1. The number of fused-ring (bicyclic) bond motifs is 2. The Hall–Kier alpha value is -7.74. The van der Waals surface area contributed by atoms with Gasteiger partial charge in [-0.25, -0.2) is 23.1 Å².